The van der Waals surface area contributed by atoms with Gasteiger partial charge >= 0.3 is 0 Å². The Kier molecular flexibility index (Phi) is 8.44. The lowest BCUT2D eigenvalue weighted by atomic mass is 10.1. The van der Waals surface area contributed by atoms with Gasteiger partial charge in [0.2, 0.25) is 17.8 Å². The molecule has 1 N–H and O–H groups in total. The maximum atomic E-state index is 13.9. The van der Waals surface area contributed by atoms with Crippen LogP contribution in [0.2, 0.25) is 0 Å². The van der Waals surface area contributed by atoms with Crippen LogP contribution in [-0.4, -0.2) is 67.7 Å². The fourth-order valence-electron chi connectivity index (χ4n) is 4.36. The average Bonchev–Trinajstić information content (AvgIpc) is 2.98. The number of aromatic nitrogens is 3. The number of methoxy groups -OCH3 is 1. The van der Waals surface area contributed by atoms with E-state index in [2.05, 4.69) is 30.3 Å². The molecule has 0 unspecified atom stereocenters. The van der Waals surface area contributed by atoms with Crippen molar-refractivity contribution < 1.29 is 18.6 Å². The minimum absolute atomic E-state index is 0.0994. The first kappa shape index (κ1) is 25.7. The van der Waals surface area contributed by atoms with Crippen molar-refractivity contribution in [1.82, 2.24) is 15.0 Å². The van der Waals surface area contributed by atoms with Gasteiger partial charge in [-0.3, -0.25) is 0 Å². The Morgan fingerprint density at radius 3 is 2.42 bits per heavy atom. The van der Waals surface area contributed by atoms with Crippen molar-refractivity contribution in [1.29, 1.82) is 0 Å². The molecule has 3 aromatic rings. The molecule has 0 radical (unpaired) electrons. The molecule has 2 aliphatic rings. The summed E-state index contributed by atoms with van der Waals surface area (Å²) in [5.41, 5.74) is 4.22. The lowest BCUT2D eigenvalue weighted by Crippen LogP contribution is -2.38. The van der Waals surface area contributed by atoms with Crippen LogP contribution in [0.3, 0.4) is 0 Å². The molecular formula is C27H32FN7O3. The third-order valence-corrected chi connectivity index (χ3v) is 6.45. The second-order valence-electron chi connectivity index (χ2n) is 9.07. The van der Waals surface area contributed by atoms with Crippen LogP contribution in [0.25, 0.3) is 0 Å². The molecule has 2 aliphatic heterocycles. The normalized spacial score (nSPS) is 16.1. The van der Waals surface area contributed by atoms with Crippen LogP contribution in [-0.2, 0) is 11.3 Å². The smallest absolute Gasteiger partial charge is 0.250 e. The van der Waals surface area contributed by atoms with E-state index in [9.17, 15) is 4.39 Å². The number of hydrogen-bond donors (Lipinski definition) is 1. The highest BCUT2D eigenvalue weighted by molar-refractivity contribution is 5.81. The molecule has 0 atom stereocenters. The van der Waals surface area contributed by atoms with E-state index in [0.717, 1.165) is 44.6 Å². The number of morpholine rings is 1. The highest BCUT2D eigenvalue weighted by Crippen LogP contribution is 2.29. The zero-order valence-electron chi connectivity index (χ0n) is 21.5. The number of nitrogens with zero attached hydrogens (tertiary/aromatic N) is 6. The molecule has 5 rings (SSSR count). The third kappa shape index (κ3) is 6.46. The van der Waals surface area contributed by atoms with Crippen LogP contribution in [0.5, 0.6) is 11.5 Å². The van der Waals surface area contributed by atoms with E-state index in [-0.39, 0.29) is 12.4 Å². The Bertz CT molecular complexity index is 1210. The molecule has 10 nitrogen and oxygen atoms in total. The molecule has 0 aliphatic carbocycles. The second kappa shape index (κ2) is 12.5. The first-order valence-corrected chi connectivity index (χ1v) is 12.9. The van der Waals surface area contributed by atoms with Crippen molar-refractivity contribution in [2.45, 2.75) is 25.9 Å². The molecule has 2 fully saturated rings. The number of rotatable bonds is 9. The largest absolute Gasteiger partial charge is 0.493 e. The summed E-state index contributed by atoms with van der Waals surface area (Å²) in [6, 6.07) is 11.9. The monoisotopic (exact) mass is 521 g/mol. The number of anilines is 3. The number of benzene rings is 2. The van der Waals surface area contributed by atoms with Gasteiger partial charge in [-0.15, -0.1) is 0 Å². The van der Waals surface area contributed by atoms with Crippen LogP contribution in [0.4, 0.5) is 22.2 Å². The van der Waals surface area contributed by atoms with Gasteiger partial charge in [-0.25, -0.2) is 9.82 Å². The number of piperidine rings is 1. The predicted molar refractivity (Wildman–Crippen MR) is 144 cm³/mol. The Hall–Kier alpha value is -3.99. The van der Waals surface area contributed by atoms with E-state index in [1.54, 1.807) is 43.7 Å². The summed E-state index contributed by atoms with van der Waals surface area (Å²) in [6.07, 6.45) is 5.13. The summed E-state index contributed by atoms with van der Waals surface area (Å²) >= 11 is 0. The zero-order chi connectivity index (χ0) is 26.2. The summed E-state index contributed by atoms with van der Waals surface area (Å²) in [7, 11) is 1.56. The first-order valence-electron chi connectivity index (χ1n) is 12.9. The Morgan fingerprint density at radius 2 is 1.68 bits per heavy atom. The van der Waals surface area contributed by atoms with Crippen LogP contribution >= 0.6 is 0 Å². The van der Waals surface area contributed by atoms with Gasteiger partial charge in [-0.1, -0.05) is 18.2 Å². The summed E-state index contributed by atoms with van der Waals surface area (Å²) in [5.74, 6) is 2.40. The van der Waals surface area contributed by atoms with E-state index in [1.165, 1.54) is 12.5 Å². The molecule has 1 aromatic heterocycles. The van der Waals surface area contributed by atoms with E-state index in [1.807, 2.05) is 6.07 Å². The minimum Gasteiger partial charge on any atom is -0.493 e. The molecule has 0 amide bonds. The van der Waals surface area contributed by atoms with Crippen molar-refractivity contribution >= 4 is 24.1 Å². The van der Waals surface area contributed by atoms with Gasteiger partial charge in [-0.2, -0.15) is 20.1 Å². The molecule has 200 valence electrons. The van der Waals surface area contributed by atoms with Gasteiger partial charge < -0.3 is 24.0 Å². The molecule has 0 spiro atoms. The molecule has 2 saturated heterocycles. The average molecular weight is 522 g/mol. The van der Waals surface area contributed by atoms with Crippen molar-refractivity contribution in [2.24, 2.45) is 5.10 Å². The Balaban J connectivity index is 1.29. The maximum absolute atomic E-state index is 13.9. The van der Waals surface area contributed by atoms with Gasteiger partial charge in [0.1, 0.15) is 12.4 Å². The quantitative estimate of drug-likeness (QED) is 0.332. The van der Waals surface area contributed by atoms with E-state index in [0.29, 0.717) is 48.1 Å². The van der Waals surface area contributed by atoms with Crippen LogP contribution < -0.4 is 24.7 Å². The third-order valence-electron chi connectivity index (χ3n) is 6.45. The molecule has 2 aromatic carbocycles. The van der Waals surface area contributed by atoms with Gasteiger partial charge in [0.15, 0.2) is 11.5 Å². The first-order chi connectivity index (χ1) is 18.7. The lowest BCUT2D eigenvalue weighted by molar-refractivity contribution is 0.122. The fraction of sp³-hybridized carbons (Fsp3) is 0.407. The Labute approximate surface area is 221 Å². The van der Waals surface area contributed by atoms with Gasteiger partial charge in [-0.05, 0) is 49.1 Å². The molecule has 11 heteroatoms. The van der Waals surface area contributed by atoms with Crippen LogP contribution in [0.15, 0.2) is 47.6 Å². The summed E-state index contributed by atoms with van der Waals surface area (Å²) in [5, 5.41) is 4.36. The maximum Gasteiger partial charge on any atom is 0.250 e. The minimum atomic E-state index is -0.306. The molecule has 3 heterocycles. The van der Waals surface area contributed by atoms with Crippen LogP contribution in [0, 0.1) is 5.82 Å². The number of hydrazone groups is 1. The molecule has 0 bridgehead atoms. The molecule has 0 saturated carbocycles. The Morgan fingerprint density at radius 1 is 0.947 bits per heavy atom. The highest BCUT2D eigenvalue weighted by Gasteiger charge is 2.20. The number of ether oxygens (including phenoxy) is 3. The number of hydrogen-bond acceptors (Lipinski definition) is 10. The van der Waals surface area contributed by atoms with E-state index < -0.39 is 0 Å². The second-order valence-corrected chi connectivity index (χ2v) is 9.07. The van der Waals surface area contributed by atoms with E-state index in [4.69, 9.17) is 19.2 Å². The molecule has 38 heavy (non-hydrogen) atoms. The topological polar surface area (TPSA) is 97.2 Å². The van der Waals surface area contributed by atoms with Gasteiger partial charge in [0, 0.05) is 31.7 Å². The zero-order valence-corrected chi connectivity index (χ0v) is 21.5. The van der Waals surface area contributed by atoms with E-state index >= 15 is 0 Å². The van der Waals surface area contributed by atoms with Gasteiger partial charge in [0.25, 0.3) is 0 Å². The summed E-state index contributed by atoms with van der Waals surface area (Å²) < 4.78 is 30.7. The number of halogens is 1. The van der Waals surface area contributed by atoms with Gasteiger partial charge in [0.05, 0.1) is 26.5 Å². The predicted octanol–water partition coefficient (Wildman–Crippen LogP) is 3.87. The lowest BCUT2D eigenvalue weighted by Gasteiger charge is -2.30. The fourth-order valence-corrected chi connectivity index (χ4v) is 4.36. The highest BCUT2D eigenvalue weighted by atomic mass is 19.1. The number of nitrogens with one attached hydrogen (secondary N) is 1. The van der Waals surface area contributed by atoms with Crippen LogP contribution in [0.1, 0.15) is 30.4 Å². The standard InChI is InChI=1S/C27H32FN7O3/c1-36-24-17-20(9-10-23(24)38-19-21-7-3-4-8-22(21)28)18-29-33-25-30-26(34-11-5-2-6-12-34)32-27(31-25)35-13-15-37-16-14-35/h3-4,7-10,17-18H,2,5-6,11-16,19H2,1H3,(H,30,31,32,33)/b29-18-. The van der Waals surface area contributed by atoms with Crippen molar-refractivity contribution in [3.63, 3.8) is 0 Å². The summed E-state index contributed by atoms with van der Waals surface area (Å²) in [6.45, 7) is 4.72. The van der Waals surface area contributed by atoms with Crippen molar-refractivity contribution in [3.8, 4) is 11.5 Å². The summed E-state index contributed by atoms with van der Waals surface area (Å²) in [4.78, 5) is 18.3. The SMILES string of the molecule is COc1cc(/C=N\Nc2nc(N3CCCCC3)nc(N3CCOCC3)n2)ccc1OCc1ccccc1F. The molecular weight excluding hydrogens is 489 g/mol. The van der Waals surface area contributed by atoms with Crippen molar-refractivity contribution in [3.05, 3.63) is 59.4 Å². The van der Waals surface area contributed by atoms with Crippen molar-refractivity contribution in [2.75, 3.05) is 61.7 Å².